The quantitative estimate of drug-likeness (QED) is 0.582. The fraction of sp³-hybridized carbons (Fsp3) is 0.316. The van der Waals surface area contributed by atoms with Gasteiger partial charge in [0.05, 0.1) is 22.6 Å². The topological polar surface area (TPSA) is 84.0 Å². The van der Waals surface area contributed by atoms with Crippen molar-refractivity contribution in [1.29, 1.82) is 5.26 Å². The van der Waals surface area contributed by atoms with Crippen LogP contribution in [-0.2, 0) is 0 Å². The van der Waals surface area contributed by atoms with Gasteiger partial charge in [-0.25, -0.2) is 0 Å². The minimum atomic E-state index is -0.625. The molecule has 0 amide bonds. The zero-order valence-corrected chi connectivity index (χ0v) is 16.1. The second-order valence-electron chi connectivity index (χ2n) is 6.30. The monoisotopic (exact) mass is 398 g/mol. The molecule has 0 bridgehead atoms. The van der Waals surface area contributed by atoms with Gasteiger partial charge in [0.15, 0.2) is 11.0 Å². The molecule has 1 aromatic carbocycles. The first-order chi connectivity index (χ1) is 13.2. The van der Waals surface area contributed by atoms with Crippen molar-refractivity contribution in [2.75, 3.05) is 12.4 Å². The van der Waals surface area contributed by atoms with Gasteiger partial charge < -0.3 is 9.84 Å². The van der Waals surface area contributed by atoms with Gasteiger partial charge in [-0.1, -0.05) is 17.8 Å². The maximum absolute atomic E-state index is 10.3. The number of rotatable bonds is 8. The van der Waals surface area contributed by atoms with Crippen molar-refractivity contribution in [3.05, 3.63) is 47.3 Å². The molecule has 1 aliphatic carbocycles. The van der Waals surface area contributed by atoms with Crippen molar-refractivity contribution in [1.82, 2.24) is 14.8 Å². The van der Waals surface area contributed by atoms with Crippen LogP contribution in [0, 0.1) is 11.3 Å². The number of nitrogens with zero attached hydrogens (tertiary/aromatic N) is 4. The van der Waals surface area contributed by atoms with Crippen LogP contribution in [0.1, 0.15) is 24.4 Å². The number of ether oxygens (including phenoxy) is 1. The SMILES string of the molecule is N#Cc1ccc(OC[C@@H](O)CSc2nnc(-c3cccs3)n2C2CC2)cc1. The lowest BCUT2D eigenvalue weighted by molar-refractivity contribution is 0.126. The lowest BCUT2D eigenvalue weighted by Crippen LogP contribution is -2.20. The maximum Gasteiger partial charge on any atom is 0.191 e. The Hall–Kier alpha value is -2.34. The van der Waals surface area contributed by atoms with E-state index in [4.69, 9.17) is 10.00 Å². The largest absolute Gasteiger partial charge is 0.491 e. The predicted molar refractivity (Wildman–Crippen MR) is 105 cm³/mol. The van der Waals surface area contributed by atoms with E-state index in [1.807, 2.05) is 11.4 Å². The molecule has 27 heavy (non-hydrogen) atoms. The van der Waals surface area contributed by atoms with E-state index in [2.05, 4.69) is 26.9 Å². The number of aromatic nitrogens is 3. The molecule has 1 saturated carbocycles. The van der Waals surface area contributed by atoms with Gasteiger partial charge in [0.1, 0.15) is 12.4 Å². The third-order valence-electron chi connectivity index (χ3n) is 4.15. The van der Waals surface area contributed by atoms with Gasteiger partial charge in [-0.2, -0.15) is 5.26 Å². The van der Waals surface area contributed by atoms with Crippen molar-refractivity contribution in [3.63, 3.8) is 0 Å². The van der Waals surface area contributed by atoms with E-state index in [-0.39, 0.29) is 6.61 Å². The number of aliphatic hydroxyl groups excluding tert-OH is 1. The first kappa shape index (κ1) is 18.0. The summed E-state index contributed by atoms with van der Waals surface area (Å²) in [6.45, 7) is 0.189. The van der Waals surface area contributed by atoms with Crippen molar-refractivity contribution < 1.29 is 9.84 Å². The third-order valence-corrected chi connectivity index (χ3v) is 6.10. The van der Waals surface area contributed by atoms with Gasteiger partial charge in [0.25, 0.3) is 0 Å². The van der Waals surface area contributed by atoms with Crippen LogP contribution in [0.2, 0.25) is 0 Å². The van der Waals surface area contributed by atoms with Crippen LogP contribution in [0.25, 0.3) is 10.7 Å². The lowest BCUT2D eigenvalue weighted by atomic mass is 10.2. The molecule has 138 valence electrons. The number of thioether (sulfide) groups is 1. The normalized spacial score (nSPS) is 14.7. The molecule has 1 N–H and O–H groups in total. The molecule has 1 aliphatic rings. The number of aliphatic hydroxyl groups is 1. The molecule has 4 rings (SSSR count). The molecule has 0 radical (unpaired) electrons. The van der Waals surface area contributed by atoms with Gasteiger partial charge in [-0.05, 0) is 48.6 Å². The summed E-state index contributed by atoms with van der Waals surface area (Å²) in [6, 6.07) is 13.5. The lowest BCUT2D eigenvalue weighted by Gasteiger charge is -2.13. The van der Waals surface area contributed by atoms with Crippen LogP contribution in [0.3, 0.4) is 0 Å². The molecule has 2 aromatic heterocycles. The number of hydrogen-bond donors (Lipinski definition) is 1. The summed E-state index contributed by atoms with van der Waals surface area (Å²) in [5.74, 6) is 2.03. The molecule has 0 aliphatic heterocycles. The van der Waals surface area contributed by atoms with Crippen LogP contribution < -0.4 is 4.74 Å². The van der Waals surface area contributed by atoms with Gasteiger partial charge in [0, 0.05) is 11.8 Å². The first-order valence-electron chi connectivity index (χ1n) is 8.67. The van der Waals surface area contributed by atoms with Crippen LogP contribution in [0.4, 0.5) is 0 Å². The Balaban J connectivity index is 1.35. The molecule has 2 heterocycles. The summed E-state index contributed by atoms with van der Waals surface area (Å²) in [7, 11) is 0. The molecule has 8 heteroatoms. The average molecular weight is 399 g/mol. The van der Waals surface area contributed by atoms with Crippen molar-refractivity contribution in [3.8, 4) is 22.5 Å². The standard InChI is InChI=1S/C19H18N4O2S2/c20-10-13-3-7-16(8-4-13)25-11-15(24)12-27-19-22-21-18(17-2-1-9-26-17)23(19)14-5-6-14/h1-4,7-9,14-15,24H,5-6,11-12H2/t15-/m1/s1. The average Bonchev–Trinajstić information content (AvgIpc) is 3.22. The summed E-state index contributed by atoms with van der Waals surface area (Å²) < 4.78 is 7.80. The highest BCUT2D eigenvalue weighted by Crippen LogP contribution is 2.41. The number of nitriles is 1. The molecule has 0 unspecified atom stereocenters. The molecule has 6 nitrogen and oxygen atoms in total. The van der Waals surface area contributed by atoms with E-state index in [9.17, 15) is 5.11 Å². The Bertz CT molecular complexity index is 928. The van der Waals surface area contributed by atoms with Crippen LogP contribution in [0.15, 0.2) is 46.9 Å². The van der Waals surface area contributed by atoms with Crippen molar-refractivity contribution in [2.24, 2.45) is 0 Å². The van der Waals surface area contributed by atoms with Gasteiger partial charge in [0.2, 0.25) is 0 Å². The number of thiophene rings is 1. The summed E-state index contributed by atoms with van der Waals surface area (Å²) in [4.78, 5) is 1.12. The summed E-state index contributed by atoms with van der Waals surface area (Å²) in [5.41, 5.74) is 0.583. The van der Waals surface area contributed by atoms with Gasteiger partial charge in [-0.15, -0.1) is 21.5 Å². The van der Waals surface area contributed by atoms with E-state index < -0.39 is 6.10 Å². The number of benzene rings is 1. The Labute approximate surface area is 165 Å². The van der Waals surface area contributed by atoms with Crippen LogP contribution >= 0.6 is 23.1 Å². The van der Waals surface area contributed by atoms with Crippen LogP contribution in [0.5, 0.6) is 5.75 Å². The zero-order valence-electron chi connectivity index (χ0n) is 14.5. The molecule has 0 saturated heterocycles. The second kappa shape index (κ2) is 8.13. The Morgan fingerprint density at radius 3 is 2.78 bits per heavy atom. The van der Waals surface area contributed by atoms with Gasteiger partial charge in [-0.3, -0.25) is 4.57 Å². The van der Waals surface area contributed by atoms with Crippen molar-refractivity contribution in [2.45, 2.75) is 30.1 Å². The fourth-order valence-electron chi connectivity index (χ4n) is 2.65. The molecule has 0 spiro atoms. The van der Waals surface area contributed by atoms with E-state index in [1.165, 1.54) is 11.8 Å². The Morgan fingerprint density at radius 1 is 1.30 bits per heavy atom. The van der Waals surface area contributed by atoms with Crippen molar-refractivity contribution >= 4 is 23.1 Å². The Morgan fingerprint density at radius 2 is 2.11 bits per heavy atom. The maximum atomic E-state index is 10.3. The smallest absolute Gasteiger partial charge is 0.191 e. The second-order valence-corrected chi connectivity index (χ2v) is 8.23. The highest BCUT2D eigenvalue weighted by molar-refractivity contribution is 7.99. The van der Waals surface area contributed by atoms with E-state index in [0.717, 1.165) is 28.7 Å². The fourth-order valence-corrected chi connectivity index (χ4v) is 4.26. The highest BCUT2D eigenvalue weighted by atomic mass is 32.2. The molecule has 3 aromatic rings. The van der Waals surface area contributed by atoms with E-state index in [0.29, 0.717) is 23.1 Å². The summed E-state index contributed by atoms with van der Waals surface area (Å²) >= 11 is 3.16. The van der Waals surface area contributed by atoms with E-state index in [1.54, 1.807) is 35.6 Å². The predicted octanol–water partition coefficient (Wildman–Crippen LogP) is 3.75. The molecule has 1 atom stereocenters. The van der Waals surface area contributed by atoms with E-state index >= 15 is 0 Å². The summed E-state index contributed by atoms with van der Waals surface area (Å²) in [5, 5.41) is 30.7. The summed E-state index contributed by atoms with van der Waals surface area (Å²) in [6.07, 6.45) is 1.67. The molecular weight excluding hydrogens is 380 g/mol. The molecule has 1 fully saturated rings. The first-order valence-corrected chi connectivity index (χ1v) is 10.5. The number of hydrogen-bond acceptors (Lipinski definition) is 7. The van der Waals surface area contributed by atoms with Crippen LogP contribution in [-0.4, -0.2) is 38.3 Å². The minimum absolute atomic E-state index is 0.189. The highest BCUT2D eigenvalue weighted by Gasteiger charge is 2.30. The molecular formula is C19H18N4O2S2. The minimum Gasteiger partial charge on any atom is -0.491 e. The Kier molecular flexibility index (Phi) is 5.43. The van der Waals surface area contributed by atoms with Gasteiger partial charge >= 0.3 is 0 Å². The third kappa shape index (κ3) is 4.33. The zero-order chi connectivity index (χ0) is 18.6.